The lowest BCUT2D eigenvalue weighted by molar-refractivity contribution is -0.150. The van der Waals surface area contributed by atoms with Gasteiger partial charge in [-0.2, -0.15) is 0 Å². The molecule has 0 radical (unpaired) electrons. The van der Waals surface area contributed by atoms with Crippen molar-refractivity contribution in [2.45, 2.75) is 51.0 Å². The smallest absolute Gasteiger partial charge is 0.302 e. The van der Waals surface area contributed by atoms with Crippen LogP contribution in [0.3, 0.4) is 0 Å². The van der Waals surface area contributed by atoms with E-state index in [-0.39, 0.29) is 12.1 Å². The van der Waals surface area contributed by atoms with E-state index in [4.69, 9.17) is 10.3 Å². The predicted molar refractivity (Wildman–Crippen MR) is 63.4 cm³/mol. The molecular formula is C10H17N5O2. The van der Waals surface area contributed by atoms with Crippen molar-refractivity contribution in [3.63, 3.8) is 0 Å². The summed E-state index contributed by atoms with van der Waals surface area (Å²) in [5.74, 6) is -0.355. The topological polar surface area (TPSA) is 99.5 Å². The SMILES string of the molecule is C=NC1(C)CC(OC(C)=O)C[C@](C)(N=[N+]=[N-])N1. The van der Waals surface area contributed by atoms with Crippen molar-refractivity contribution in [1.29, 1.82) is 0 Å². The Labute approximate surface area is 99.9 Å². The first-order chi connectivity index (χ1) is 7.82. The summed E-state index contributed by atoms with van der Waals surface area (Å²) in [4.78, 5) is 17.8. The summed E-state index contributed by atoms with van der Waals surface area (Å²) >= 11 is 0. The normalized spacial score (nSPS) is 36.8. The van der Waals surface area contributed by atoms with Gasteiger partial charge >= 0.3 is 5.97 Å². The quantitative estimate of drug-likeness (QED) is 0.267. The minimum atomic E-state index is -0.830. The highest BCUT2D eigenvalue weighted by atomic mass is 16.5. The summed E-state index contributed by atoms with van der Waals surface area (Å²) in [6.07, 6.45) is 0.591. The molecule has 7 nitrogen and oxygen atoms in total. The average Bonchev–Trinajstić information content (AvgIpc) is 2.14. The third-order valence-corrected chi connectivity index (χ3v) is 2.74. The fraction of sp³-hybridized carbons (Fsp3) is 0.800. The average molecular weight is 239 g/mol. The number of aliphatic imine (C=N–C) groups is 1. The molecule has 0 aromatic rings. The summed E-state index contributed by atoms with van der Waals surface area (Å²) in [6.45, 7) is 8.42. The van der Waals surface area contributed by atoms with Crippen LogP contribution in [0.2, 0.25) is 0 Å². The second-order valence-electron chi connectivity index (χ2n) is 4.66. The zero-order valence-electron chi connectivity index (χ0n) is 10.3. The van der Waals surface area contributed by atoms with Crippen LogP contribution < -0.4 is 5.32 Å². The zero-order chi connectivity index (χ0) is 13.1. The first-order valence-electron chi connectivity index (χ1n) is 5.33. The number of azide groups is 1. The zero-order valence-corrected chi connectivity index (χ0v) is 10.3. The largest absolute Gasteiger partial charge is 0.462 e. The van der Waals surface area contributed by atoms with Crippen molar-refractivity contribution < 1.29 is 9.53 Å². The fourth-order valence-corrected chi connectivity index (χ4v) is 2.23. The van der Waals surface area contributed by atoms with Gasteiger partial charge in [-0.25, -0.2) is 0 Å². The highest BCUT2D eigenvalue weighted by molar-refractivity contribution is 5.66. The number of piperidine rings is 1. The van der Waals surface area contributed by atoms with Crippen LogP contribution in [-0.4, -0.2) is 30.1 Å². The molecule has 1 rings (SSSR count). The Morgan fingerprint density at radius 3 is 2.59 bits per heavy atom. The number of carbonyl (C=O) groups excluding carboxylic acids is 1. The molecule has 0 amide bonds. The van der Waals surface area contributed by atoms with Gasteiger partial charge < -0.3 is 4.74 Å². The lowest BCUT2D eigenvalue weighted by Gasteiger charge is -2.44. The third-order valence-electron chi connectivity index (χ3n) is 2.74. The molecule has 1 aliphatic rings. The Bertz CT molecular complexity index is 379. The van der Waals surface area contributed by atoms with Gasteiger partial charge in [0.05, 0.1) is 5.66 Å². The Hall–Kier alpha value is -1.59. The molecule has 1 heterocycles. The number of ether oxygens (including phenoxy) is 1. The monoisotopic (exact) mass is 239 g/mol. The Morgan fingerprint density at radius 1 is 1.53 bits per heavy atom. The van der Waals surface area contributed by atoms with Gasteiger partial charge in [-0.15, -0.1) is 0 Å². The van der Waals surface area contributed by atoms with Crippen molar-refractivity contribution >= 4 is 12.7 Å². The van der Waals surface area contributed by atoms with E-state index in [0.29, 0.717) is 12.8 Å². The van der Waals surface area contributed by atoms with Gasteiger partial charge in [-0.3, -0.25) is 15.1 Å². The van der Waals surface area contributed by atoms with Gasteiger partial charge in [-0.1, -0.05) is 5.11 Å². The Balaban J connectivity index is 2.94. The summed E-state index contributed by atoms with van der Waals surface area (Å²) in [5, 5.41) is 6.83. The number of carbonyl (C=O) groups is 1. The van der Waals surface area contributed by atoms with Crippen LogP contribution in [0.25, 0.3) is 10.4 Å². The van der Waals surface area contributed by atoms with Crippen LogP contribution in [0.15, 0.2) is 10.1 Å². The van der Waals surface area contributed by atoms with E-state index < -0.39 is 11.3 Å². The van der Waals surface area contributed by atoms with Crippen LogP contribution in [-0.2, 0) is 9.53 Å². The first-order valence-corrected chi connectivity index (χ1v) is 5.33. The number of hydrogen-bond acceptors (Lipinski definition) is 5. The van der Waals surface area contributed by atoms with Gasteiger partial charge in [0.2, 0.25) is 0 Å². The first kappa shape index (κ1) is 13.5. The molecule has 0 aliphatic carbocycles. The van der Waals surface area contributed by atoms with E-state index in [1.807, 2.05) is 6.92 Å². The maximum atomic E-state index is 11.0. The van der Waals surface area contributed by atoms with Crippen LogP contribution in [0.5, 0.6) is 0 Å². The standard InChI is InChI=1S/C10H17N5O2/c1-7(16)17-8-5-9(2,12-4)13-10(3,6-8)14-15-11/h8,13H,4-6H2,1-3H3/t8?,9?,10-/m0/s1. The van der Waals surface area contributed by atoms with E-state index >= 15 is 0 Å². The molecule has 0 bridgehead atoms. The van der Waals surface area contributed by atoms with Crippen molar-refractivity contribution in [2.75, 3.05) is 0 Å². The number of rotatable bonds is 3. The molecule has 1 fully saturated rings. The molecule has 17 heavy (non-hydrogen) atoms. The molecule has 0 saturated carbocycles. The van der Waals surface area contributed by atoms with E-state index in [0.717, 1.165) is 0 Å². The molecule has 7 heteroatoms. The highest BCUT2D eigenvalue weighted by Gasteiger charge is 2.43. The molecule has 0 spiro atoms. The van der Waals surface area contributed by atoms with E-state index in [9.17, 15) is 4.79 Å². The van der Waals surface area contributed by atoms with Crippen LogP contribution in [0.4, 0.5) is 0 Å². The summed E-state index contributed by atoms with van der Waals surface area (Å²) in [5.41, 5.74) is 7.06. The molecular weight excluding hydrogens is 222 g/mol. The maximum Gasteiger partial charge on any atom is 0.302 e. The van der Waals surface area contributed by atoms with Gasteiger partial charge in [0.15, 0.2) is 0 Å². The van der Waals surface area contributed by atoms with Crippen molar-refractivity contribution in [3.8, 4) is 0 Å². The van der Waals surface area contributed by atoms with Crippen molar-refractivity contribution in [3.05, 3.63) is 10.4 Å². The van der Waals surface area contributed by atoms with E-state index in [2.05, 4.69) is 27.1 Å². The highest BCUT2D eigenvalue weighted by Crippen LogP contribution is 2.32. The second-order valence-corrected chi connectivity index (χ2v) is 4.66. The Morgan fingerprint density at radius 2 is 2.12 bits per heavy atom. The summed E-state index contributed by atoms with van der Waals surface area (Å²) in [6, 6.07) is 0. The van der Waals surface area contributed by atoms with Crippen LogP contribution in [0.1, 0.15) is 33.6 Å². The lowest BCUT2D eigenvalue weighted by atomic mass is 9.89. The molecule has 0 aromatic heterocycles. The minimum absolute atomic E-state index is 0.334. The van der Waals surface area contributed by atoms with Crippen LogP contribution >= 0.6 is 0 Å². The number of nitrogens with zero attached hydrogens (tertiary/aromatic N) is 4. The number of nitrogens with one attached hydrogen (secondary N) is 1. The predicted octanol–water partition coefficient (Wildman–Crippen LogP) is 1.74. The maximum absolute atomic E-state index is 11.0. The van der Waals surface area contributed by atoms with E-state index in [1.54, 1.807) is 6.92 Å². The molecule has 2 unspecified atom stereocenters. The van der Waals surface area contributed by atoms with Crippen molar-refractivity contribution in [2.24, 2.45) is 10.1 Å². The molecule has 1 saturated heterocycles. The second kappa shape index (κ2) is 4.73. The molecule has 1 aliphatic heterocycles. The number of esters is 1. The molecule has 0 aromatic carbocycles. The van der Waals surface area contributed by atoms with E-state index in [1.165, 1.54) is 6.92 Å². The van der Waals surface area contributed by atoms with Gasteiger partial charge in [0.1, 0.15) is 11.8 Å². The minimum Gasteiger partial charge on any atom is -0.462 e. The summed E-state index contributed by atoms with van der Waals surface area (Å²) < 4.78 is 5.18. The third kappa shape index (κ3) is 3.44. The lowest BCUT2D eigenvalue weighted by Crippen LogP contribution is -2.60. The fourth-order valence-electron chi connectivity index (χ4n) is 2.23. The molecule has 94 valence electrons. The van der Waals surface area contributed by atoms with Gasteiger partial charge in [0, 0.05) is 24.7 Å². The van der Waals surface area contributed by atoms with Gasteiger partial charge in [0.25, 0.3) is 0 Å². The number of hydrogen-bond donors (Lipinski definition) is 1. The van der Waals surface area contributed by atoms with Gasteiger partial charge in [-0.05, 0) is 26.1 Å². The van der Waals surface area contributed by atoms with Crippen LogP contribution in [0, 0.1) is 0 Å². The Kier molecular flexibility index (Phi) is 3.75. The molecule has 1 N–H and O–H groups in total. The summed E-state index contributed by atoms with van der Waals surface area (Å²) in [7, 11) is 0. The van der Waals surface area contributed by atoms with Crippen molar-refractivity contribution in [1.82, 2.24) is 5.32 Å². The molecule has 3 atom stereocenters.